The van der Waals surface area contributed by atoms with Crippen LogP contribution in [0.25, 0.3) is 0 Å². The molecule has 2 aliphatic heterocycles. The van der Waals surface area contributed by atoms with Crippen molar-refractivity contribution in [3.63, 3.8) is 0 Å². The highest BCUT2D eigenvalue weighted by Gasteiger charge is 2.28. The molecule has 2 aromatic rings. The largest absolute Gasteiger partial charge is 0.303 e. The average Bonchev–Trinajstić information content (AvgIpc) is 3.27. The molecule has 5 heteroatoms. The van der Waals surface area contributed by atoms with E-state index in [1.807, 2.05) is 18.2 Å². The van der Waals surface area contributed by atoms with E-state index in [-0.39, 0.29) is 5.75 Å². The van der Waals surface area contributed by atoms with Gasteiger partial charge in [0.25, 0.3) is 0 Å². The van der Waals surface area contributed by atoms with E-state index in [4.69, 9.17) is 0 Å². The lowest BCUT2D eigenvalue weighted by molar-refractivity contribution is 0.293. The summed E-state index contributed by atoms with van der Waals surface area (Å²) in [5.74, 6) is 0.475. The average molecular weight is 383 g/mol. The highest BCUT2D eigenvalue weighted by molar-refractivity contribution is 7.91. The zero-order valence-electron chi connectivity index (χ0n) is 15.7. The van der Waals surface area contributed by atoms with E-state index >= 15 is 0 Å². The first-order valence-corrected chi connectivity index (χ1v) is 11.3. The molecule has 0 N–H and O–H groups in total. The predicted molar refractivity (Wildman–Crippen MR) is 110 cm³/mol. The second-order valence-corrected chi connectivity index (χ2v) is 9.78. The Morgan fingerprint density at radius 3 is 2.70 bits per heavy atom. The summed E-state index contributed by atoms with van der Waals surface area (Å²) in [7, 11) is -1.05. The molecule has 0 aromatic heterocycles. The van der Waals surface area contributed by atoms with Gasteiger partial charge >= 0.3 is 0 Å². The van der Waals surface area contributed by atoms with Crippen LogP contribution < -0.4 is 0 Å². The molecule has 2 heterocycles. The molecule has 142 valence electrons. The van der Waals surface area contributed by atoms with Crippen LogP contribution in [0.1, 0.15) is 36.3 Å². The molecule has 1 unspecified atom stereocenters. The van der Waals surface area contributed by atoms with Gasteiger partial charge in [-0.25, -0.2) is 8.42 Å². The Labute approximate surface area is 161 Å². The zero-order valence-corrected chi connectivity index (χ0v) is 16.5. The van der Waals surface area contributed by atoms with Gasteiger partial charge in [0.1, 0.15) is 0 Å². The lowest BCUT2D eigenvalue weighted by Crippen LogP contribution is -2.26. The van der Waals surface area contributed by atoms with Crippen LogP contribution in [0.5, 0.6) is 0 Å². The molecule has 0 amide bonds. The van der Waals surface area contributed by atoms with E-state index in [9.17, 15) is 8.42 Å². The Kier molecular flexibility index (Phi) is 5.15. The van der Waals surface area contributed by atoms with Crippen molar-refractivity contribution in [2.75, 3.05) is 19.3 Å². The number of aliphatic imine (C=N–C) groups is 1. The Hall–Kier alpha value is -1.98. The highest BCUT2D eigenvalue weighted by atomic mass is 32.2. The summed E-state index contributed by atoms with van der Waals surface area (Å²) in [6, 6.07) is 15.5. The minimum Gasteiger partial charge on any atom is -0.303 e. The Morgan fingerprint density at radius 2 is 1.96 bits per heavy atom. The van der Waals surface area contributed by atoms with Gasteiger partial charge in [0.05, 0.1) is 16.3 Å². The second-order valence-electron chi connectivity index (χ2n) is 7.67. The highest BCUT2D eigenvalue weighted by Crippen LogP contribution is 2.37. The fraction of sp³-hybridized carbons (Fsp3) is 0.409. The summed E-state index contributed by atoms with van der Waals surface area (Å²) >= 11 is 0. The number of aryl methyl sites for hydroxylation is 1. The molecule has 4 rings (SSSR count). The molecule has 2 aliphatic rings. The van der Waals surface area contributed by atoms with Crippen LogP contribution in [-0.4, -0.2) is 44.9 Å². The van der Waals surface area contributed by atoms with Crippen LogP contribution in [0, 0.1) is 0 Å². The second kappa shape index (κ2) is 7.56. The smallest absolute Gasteiger partial charge is 0.178 e. The molecular weight excluding hydrogens is 356 g/mol. The number of sulfone groups is 1. The standard InChI is InChI=1S/C22H26N2O2S/c1-24-12-5-6-19(24)15-18-16-23-22-10-9-17(14-21(18)22)11-13-27(25,26)20-7-3-2-4-8-20/h2-4,7-10,14,16,18-19H,5-6,11-13,15H2,1H3/t18?,19-/m1/s1. The number of nitrogens with zero attached hydrogens (tertiary/aromatic N) is 2. The zero-order chi connectivity index (χ0) is 18.9. The third-order valence-electron chi connectivity index (χ3n) is 5.84. The maximum Gasteiger partial charge on any atom is 0.178 e. The van der Waals surface area contributed by atoms with Crippen molar-refractivity contribution < 1.29 is 8.42 Å². The number of benzene rings is 2. The Morgan fingerprint density at radius 1 is 1.15 bits per heavy atom. The molecule has 4 nitrogen and oxygen atoms in total. The molecule has 2 aromatic carbocycles. The maximum absolute atomic E-state index is 12.5. The number of hydrogen-bond donors (Lipinski definition) is 0. The van der Waals surface area contributed by atoms with Crippen molar-refractivity contribution in [1.29, 1.82) is 0 Å². The molecule has 0 bridgehead atoms. The van der Waals surface area contributed by atoms with Gasteiger partial charge in [-0.1, -0.05) is 30.3 Å². The lowest BCUT2D eigenvalue weighted by Gasteiger charge is -2.22. The van der Waals surface area contributed by atoms with Gasteiger partial charge in [-0.15, -0.1) is 0 Å². The minimum absolute atomic E-state index is 0.132. The molecule has 2 atom stereocenters. The van der Waals surface area contributed by atoms with Gasteiger partial charge in [0.2, 0.25) is 0 Å². The summed E-state index contributed by atoms with van der Waals surface area (Å²) < 4.78 is 25.1. The quantitative estimate of drug-likeness (QED) is 0.759. The summed E-state index contributed by atoms with van der Waals surface area (Å²) in [6.45, 7) is 1.18. The van der Waals surface area contributed by atoms with Crippen LogP contribution in [0.2, 0.25) is 0 Å². The van der Waals surface area contributed by atoms with Crippen LogP contribution in [0.3, 0.4) is 0 Å². The van der Waals surface area contributed by atoms with E-state index in [0.717, 1.165) is 17.7 Å². The van der Waals surface area contributed by atoms with Crippen LogP contribution in [0.4, 0.5) is 5.69 Å². The van der Waals surface area contributed by atoms with E-state index in [1.165, 1.54) is 24.9 Å². The molecule has 0 radical (unpaired) electrons. The monoisotopic (exact) mass is 382 g/mol. The Balaban J connectivity index is 1.46. The molecule has 27 heavy (non-hydrogen) atoms. The van der Waals surface area contributed by atoms with Crippen LogP contribution in [-0.2, 0) is 16.3 Å². The topological polar surface area (TPSA) is 49.7 Å². The fourth-order valence-electron chi connectivity index (χ4n) is 4.18. The summed E-state index contributed by atoms with van der Waals surface area (Å²) in [6.07, 6.45) is 6.22. The van der Waals surface area contributed by atoms with Crippen molar-refractivity contribution in [3.8, 4) is 0 Å². The minimum atomic E-state index is -3.25. The Bertz CT molecular complexity index is 938. The first-order valence-electron chi connectivity index (χ1n) is 9.68. The van der Waals surface area contributed by atoms with Gasteiger partial charge in [-0.2, -0.15) is 0 Å². The summed E-state index contributed by atoms with van der Waals surface area (Å²) in [4.78, 5) is 7.43. The van der Waals surface area contributed by atoms with Crippen molar-refractivity contribution in [1.82, 2.24) is 4.90 Å². The molecule has 0 saturated carbocycles. The third kappa shape index (κ3) is 3.99. The summed E-state index contributed by atoms with van der Waals surface area (Å²) in [5, 5.41) is 0. The maximum atomic E-state index is 12.5. The van der Waals surface area contributed by atoms with Crippen LogP contribution >= 0.6 is 0 Å². The van der Waals surface area contributed by atoms with Gasteiger partial charge in [-0.05, 0) is 68.6 Å². The number of fused-ring (bicyclic) bond motifs is 1. The fourth-order valence-corrected chi connectivity index (χ4v) is 5.49. The van der Waals surface area contributed by atoms with E-state index in [0.29, 0.717) is 23.3 Å². The van der Waals surface area contributed by atoms with Crippen molar-refractivity contribution >= 4 is 21.7 Å². The third-order valence-corrected chi connectivity index (χ3v) is 7.58. The number of likely N-dealkylation sites (tertiary alicyclic amines) is 1. The van der Waals surface area contributed by atoms with Crippen LogP contribution in [0.15, 0.2) is 58.4 Å². The van der Waals surface area contributed by atoms with Gasteiger partial charge in [-0.3, -0.25) is 4.99 Å². The molecule has 1 fully saturated rings. The molecule has 1 saturated heterocycles. The normalized spacial score (nSPS) is 22.3. The van der Waals surface area contributed by atoms with Gasteiger partial charge < -0.3 is 4.90 Å². The van der Waals surface area contributed by atoms with Gasteiger partial charge in [0.15, 0.2) is 9.84 Å². The SMILES string of the molecule is CN1CCC[C@@H]1CC1C=Nc2ccc(CCS(=O)(=O)c3ccccc3)cc21. The van der Waals surface area contributed by atoms with Crippen molar-refractivity contribution in [3.05, 3.63) is 59.7 Å². The summed E-state index contributed by atoms with van der Waals surface area (Å²) in [5.41, 5.74) is 3.36. The lowest BCUT2D eigenvalue weighted by atomic mass is 9.91. The molecular formula is C22H26N2O2S. The predicted octanol–water partition coefficient (Wildman–Crippen LogP) is 3.99. The van der Waals surface area contributed by atoms with Crippen molar-refractivity contribution in [2.45, 2.75) is 42.5 Å². The van der Waals surface area contributed by atoms with E-state index in [2.05, 4.69) is 29.2 Å². The van der Waals surface area contributed by atoms with Gasteiger partial charge in [0, 0.05) is 18.2 Å². The first-order chi connectivity index (χ1) is 13.0. The van der Waals surface area contributed by atoms with Crippen molar-refractivity contribution in [2.24, 2.45) is 4.99 Å². The first kappa shape index (κ1) is 18.4. The number of hydrogen-bond acceptors (Lipinski definition) is 4. The van der Waals surface area contributed by atoms with E-state index < -0.39 is 9.84 Å². The van der Waals surface area contributed by atoms with E-state index in [1.54, 1.807) is 24.3 Å². The molecule has 0 aliphatic carbocycles. The number of rotatable bonds is 6. The molecule has 0 spiro atoms.